The Hall–Kier alpha value is -0.0800. The summed E-state index contributed by atoms with van der Waals surface area (Å²) in [5.74, 6) is 0. The van der Waals surface area contributed by atoms with Crippen LogP contribution in [-0.4, -0.2) is 17.2 Å². The lowest BCUT2D eigenvalue weighted by atomic mass is 10.1. The van der Waals surface area contributed by atoms with Gasteiger partial charge in [-0.15, -0.1) is 0 Å². The molecule has 0 atom stereocenters. The summed E-state index contributed by atoms with van der Waals surface area (Å²) in [4.78, 5) is 0. The Kier molecular flexibility index (Phi) is 18.9. The first-order valence-corrected chi connectivity index (χ1v) is 6.52. The molecule has 0 saturated carbocycles. The fourth-order valence-electron chi connectivity index (χ4n) is 1.78. The van der Waals surface area contributed by atoms with E-state index < -0.39 is 0 Å². The van der Waals surface area contributed by atoms with E-state index in [1.165, 1.54) is 64.2 Å². The van der Waals surface area contributed by atoms with Gasteiger partial charge in [0.05, 0.1) is 0 Å². The highest BCUT2D eigenvalue weighted by molar-refractivity contribution is 4.47. The molecule has 94 valence electrons. The minimum absolute atomic E-state index is 0. The quantitative estimate of drug-likeness (QED) is 0.530. The highest BCUT2D eigenvalue weighted by Gasteiger charge is 1.91. The maximum atomic E-state index is 8.59. The molecule has 0 radical (unpaired) electrons. The number of aliphatic hydroxyl groups excluding tert-OH is 1. The lowest BCUT2D eigenvalue weighted by Gasteiger charge is -2.01. The third-order valence-electron chi connectivity index (χ3n) is 2.76. The molecule has 0 aliphatic rings. The van der Waals surface area contributed by atoms with E-state index in [9.17, 15) is 0 Å². The summed E-state index contributed by atoms with van der Waals surface area (Å²) >= 11 is 0. The molecular formula is C13H30O2. The van der Waals surface area contributed by atoms with Gasteiger partial charge in [-0.25, -0.2) is 0 Å². The van der Waals surface area contributed by atoms with Gasteiger partial charge in [-0.05, 0) is 6.42 Å². The van der Waals surface area contributed by atoms with Crippen molar-refractivity contribution in [3.05, 3.63) is 0 Å². The molecule has 0 aliphatic heterocycles. The van der Waals surface area contributed by atoms with Gasteiger partial charge < -0.3 is 10.6 Å². The smallest absolute Gasteiger partial charge is 0.0431 e. The number of rotatable bonds is 11. The lowest BCUT2D eigenvalue weighted by molar-refractivity contribution is 0.282. The zero-order valence-corrected chi connectivity index (χ0v) is 10.4. The Morgan fingerprint density at radius 3 is 1.27 bits per heavy atom. The van der Waals surface area contributed by atoms with Gasteiger partial charge >= 0.3 is 0 Å². The van der Waals surface area contributed by atoms with Gasteiger partial charge in [0.25, 0.3) is 0 Å². The molecule has 0 aliphatic carbocycles. The molecule has 0 rings (SSSR count). The molecule has 0 amide bonds. The van der Waals surface area contributed by atoms with Gasteiger partial charge in [0.2, 0.25) is 0 Å². The van der Waals surface area contributed by atoms with Gasteiger partial charge in [0.1, 0.15) is 0 Å². The Labute approximate surface area is 95.4 Å². The molecular weight excluding hydrogens is 188 g/mol. The van der Waals surface area contributed by atoms with Gasteiger partial charge in [-0.2, -0.15) is 0 Å². The van der Waals surface area contributed by atoms with E-state index in [-0.39, 0.29) is 5.48 Å². The van der Waals surface area contributed by atoms with Crippen molar-refractivity contribution in [2.45, 2.75) is 77.6 Å². The number of unbranched alkanes of at least 4 members (excludes halogenated alkanes) is 10. The average Bonchev–Trinajstić information content (AvgIpc) is 2.21. The topological polar surface area (TPSA) is 51.7 Å². The highest BCUT2D eigenvalue weighted by atomic mass is 16.2. The minimum atomic E-state index is 0. The zero-order valence-electron chi connectivity index (χ0n) is 10.4. The van der Waals surface area contributed by atoms with Crippen molar-refractivity contribution in [2.24, 2.45) is 0 Å². The fourth-order valence-corrected chi connectivity index (χ4v) is 1.78. The van der Waals surface area contributed by atoms with E-state index in [0.29, 0.717) is 6.61 Å². The van der Waals surface area contributed by atoms with E-state index in [4.69, 9.17) is 5.11 Å². The Morgan fingerprint density at radius 2 is 0.933 bits per heavy atom. The largest absolute Gasteiger partial charge is 0.412 e. The second-order valence-electron chi connectivity index (χ2n) is 4.26. The third kappa shape index (κ3) is 16.6. The van der Waals surface area contributed by atoms with E-state index >= 15 is 0 Å². The summed E-state index contributed by atoms with van der Waals surface area (Å²) in [6.07, 6.45) is 14.8. The Balaban J connectivity index is 0. The SMILES string of the molecule is CCCCCCCCCCCCCO.O. The standard InChI is InChI=1S/C13H28O.H2O/c1-2-3-4-5-6-7-8-9-10-11-12-13-14;/h14H,2-13H2,1H3;1H2. The number of hydrogen-bond donors (Lipinski definition) is 1. The molecule has 0 saturated heterocycles. The number of hydrogen-bond acceptors (Lipinski definition) is 1. The first-order chi connectivity index (χ1) is 6.91. The van der Waals surface area contributed by atoms with Crippen LogP contribution >= 0.6 is 0 Å². The van der Waals surface area contributed by atoms with Crippen LogP contribution in [0.2, 0.25) is 0 Å². The average molecular weight is 218 g/mol. The Morgan fingerprint density at radius 1 is 0.600 bits per heavy atom. The minimum Gasteiger partial charge on any atom is -0.412 e. The molecule has 2 heteroatoms. The first-order valence-electron chi connectivity index (χ1n) is 6.52. The third-order valence-corrected chi connectivity index (χ3v) is 2.76. The van der Waals surface area contributed by atoms with Crippen LogP contribution in [0.25, 0.3) is 0 Å². The van der Waals surface area contributed by atoms with Crippen LogP contribution in [-0.2, 0) is 0 Å². The van der Waals surface area contributed by atoms with Gasteiger partial charge in [0.15, 0.2) is 0 Å². The Bertz CT molecular complexity index is 82.5. The summed E-state index contributed by atoms with van der Waals surface area (Å²) in [6.45, 7) is 2.64. The predicted octanol–water partition coefficient (Wildman–Crippen LogP) is 3.47. The van der Waals surface area contributed by atoms with Crippen LogP contribution in [0.3, 0.4) is 0 Å². The normalized spacial score (nSPS) is 10.0. The molecule has 0 bridgehead atoms. The van der Waals surface area contributed by atoms with Crippen molar-refractivity contribution in [1.82, 2.24) is 0 Å². The molecule has 3 N–H and O–H groups in total. The monoisotopic (exact) mass is 218 g/mol. The van der Waals surface area contributed by atoms with Gasteiger partial charge in [-0.1, -0.05) is 71.1 Å². The first kappa shape index (κ1) is 17.3. The van der Waals surface area contributed by atoms with E-state index in [1.54, 1.807) is 0 Å². The van der Waals surface area contributed by atoms with Crippen molar-refractivity contribution in [2.75, 3.05) is 6.61 Å². The van der Waals surface area contributed by atoms with Crippen molar-refractivity contribution < 1.29 is 10.6 Å². The van der Waals surface area contributed by atoms with Crippen molar-refractivity contribution in [3.63, 3.8) is 0 Å². The fraction of sp³-hybridized carbons (Fsp3) is 1.00. The van der Waals surface area contributed by atoms with E-state index in [2.05, 4.69) is 6.92 Å². The molecule has 0 aromatic heterocycles. The lowest BCUT2D eigenvalue weighted by Crippen LogP contribution is -1.84. The molecule has 0 aromatic rings. The second-order valence-corrected chi connectivity index (χ2v) is 4.26. The van der Waals surface area contributed by atoms with Gasteiger partial charge in [0, 0.05) is 6.61 Å². The van der Waals surface area contributed by atoms with Crippen LogP contribution in [0.4, 0.5) is 0 Å². The van der Waals surface area contributed by atoms with Crippen LogP contribution in [0.5, 0.6) is 0 Å². The maximum Gasteiger partial charge on any atom is 0.0431 e. The van der Waals surface area contributed by atoms with Crippen molar-refractivity contribution in [3.8, 4) is 0 Å². The van der Waals surface area contributed by atoms with E-state index in [0.717, 1.165) is 6.42 Å². The zero-order chi connectivity index (χ0) is 10.5. The summed E-state index contributed by atoms with van der Waals surface area (Å²) in [5, 5.41) is 8.59. The van der Waals surface area contributed by atoms with Crippen molar-refractivity contribution >= 4 is 0 Å². The highest BCUT2D eigenvalue weighted by Crippen LogP contribution is 2.10. The van der Waals surface area contributed by atoms with Crippen LogP contribution in [0.15, 0.2) is 0 Å². The summed E-state index contributed by atoms with van der Waals surface area (Å²) in [7, 11) is 0. The van der Waals surface area contributed by atoms with Crippen molar-refractivity contribution in [1.29, 1.82) is 0 Å². The molecule has 0 heterocycles. The molecule has 2 nitrogen and oxygen atoms in total. The second kappa shape index (κ2) is 16.4. The van der Waals surface area contributed by atoms with Crippen LogP contribution < -0.4 is 0 Å². The summed E-state index contributed by atoms with van der Waals surface area (Å²) in [6, 6.07) is 0. The van der Waals surface area contributed by atoms with E-state index in [1.807, 2.05) is 0 Å². The van der Waals surface area contributed by atoms with Gasteiger partial charge in [-0.3, -0.25) is 0 Å². The predicted molar refractivity (Wildman–Crippen MR) is 67.2 cm³/mol. The molecule has 15 heavy (non-hydrogen) atoms. The van der Waals surface area contributed by atoms with Crippen LogP contribution in [0.1, 0.15) is 77.6 Å². The maximum absolute atomic E-state index is 8.59. The molecule has 0 unspecified atom stereocenters. The summed E-state index contributed by atoms with van der Waals surface area (Å²) < 4.78 is 0. The molecule has 0 aromatic carbocycles. The molecule has 0 spiro atoms. The van der Waals surface area contributed by atoms with Crippen LogP contribution in [0, 0.1) is 0 Å². The molecule has 0 fully saturated rings. The number of aliphatic hydroxyl groups is 1. The summed E-state index contributed by atoms with van der Waals surface area (Å²) in [5.41, 5.74) is 0.